The van der Waals surface area contributed by atoms with Crippen LogP contribution in [-0.2, 0) is 4.74 Å². The Morgan fingerprint density at radius 2 is 1.52 bits per heavy atom. The number of carbonyl (C=O) groups excluding carboxylic acids is 1. The molecule has 0 aliphatic carbocycles. The number of aromatic carboxylic acids is 1. The lowest BCUT2D eigenvalue weighted by molar-refractivity contribution is 0.0163. The summed E-state index contributed by atoms with van der Waals surface area (Å²) in [6.45, 7) is 6.38. The second-order valence-electron chi connectivity index (χ2n) is 8.54. The maximum Gasteiger partial charge on any atom is 0.410 e. The fourth-order valence-electron chi connectivity index (χ4n) is 3.70. The van der Waals surface area contributed by atoms with Crippen molar-refractivity contribution in [2.45, 2.75) is 58.1 Å². The molecular weight excluding hydrogens is 366 g/mol. The molecule has 5 nitrogen and oxygen atoms in total. The Kier molecular flexibility index (Phi) is 6.26. The lowest BCUT2D eigenvalue weighted by Gasteiger charge is -2.32. The Hall–Kier alpha value is -2.82. The van der Waals surface area contributed by atoms with Gasteiger partial charge < -0.3 is 14.7 Å². The zero-order chi connectivity index (χ0) is 21.0. The average Bonchev–Trinajstić information content (AvgIpc) is 2.93. The highest BCUT2D eigenvalue weighted by atomic mass is 16.6. The van der Waals surface area contributed by atoms with Crippen molar-refractivity contribution in [3.63, 3.8) is 0 Å². The molecule has 1 N–H and O–H groups in total. The quantitative estimate of drug-likeness (QED) is 0.702. The van der Waals surface area contributed by atoms with E-state index in [0.29, 0.717) is 6.54 Å². The fraction of sp³-hybridized carbons (Fsp3) is 0.417. The topological polar surface area (TPSA) is 66.8 Å². The maximum atomic E-state index is 12.8. The number of hydrogen-bond donors (Lipinski definition) is 1. The van der Waals surface area contributed by atoms with E-state index < -0.39 is 11.6 Å². The summed E-state index contributed by atoms with van der Waals surface area (Å²) in [5.74, 6) is -0.928. The molecule has 3 rings (SSSR count). The van der Waals surface area contributed by atoms with E-state index in [0.717, 1.165) is 42.4 Å². The van der Waals surface area contributed by atoms with Crippen LogP contribution in [0.15, 0.2) is 48.5 Å². The zero-order valence-electron chi connectivity index (χ0n) is 17.4. The van der Waals surface area contributed by atoms with Crippen LogP contribution in [0.4, 0.5) is 4.79 Å². The molecule has 1 heterocycles. The van der Waals surface area contributed by atoms with Crippen molar-refractivity contribution in [1.82, 2.24) is 4.90 Å². The molecule has 1 atom stereocenters. The van der Waals surface area contributed by atoms with Crippen LogP contribution in [-0.4, -0.2) is 34.2 Å². The fourth-order valence-corrected chi connectivity index (χ4v) is 3.70. The van der Waals surface area contributed by atoms with Crippen molar-refractivity contribution in [2.24, 2.45) is 0 Å². The van der Waals surface area contributed by atoms with E-state index in [9.17, 15) is 9.59 Å². The summed E-state index contributed by atoms with van der Waals surface area (Å²) in [6.07, 6.45) is 3.86. The molecule has 29 heavy (non-hydrogen) atoms. The summed E-state index contributed by atoms with van der Waals surface area (Å²) >= 11 is 0. The molecule has 1 fully saturated rings. The standard InChI is InChI=1S/C24H29NO4/c1-24(2,3)29-23(28)25-16-6-4-5-7-21(25)19-12-8-17(9-13-19)18-10-14-20(15-11-18)22(26)27/h8-15,21H,4-7,16H2,1-3H3,(H,26,27)/t21-/m0/s1. The maximum absolute atomic E-state index is 12.8. The van der Waals surface area contributed by atoms with Crippen LogP contribution in [0.25, 0.3) is 11.1 Å². The summed E-state index contributed by atoms with van der Waals surface area (Å²) in [7, 11) is 0. The van der Waals surface area contributed by atoms with Gasteiger partial charge >= 0.3 is 12.1 Å². The van der Waals surface area contributed by atoms with Gasteiger partial charge in [0.2, 0.25) is 0 Å². The molecule has 0 saturated carbocycles. The Balaban J connectivity index is 1.81. The predicted molar refractivity (Wildman–Crippen MR) is 113 cm³/mol. The van der Waals surface area contributed by atoms with Crippen molar-refractivity contribution >= 4 is 12.1 Å². The Morgan fingerprint density at radius 1 is 0.931 bits per heavy atom. The van der Waals surface area contributed by atoms with Crippen molar-refractivity contribution in [3.8, 4) is 11.1 Å². The lowest BCUT2D eigenvalue weighted by Crippen LogP contribution is -2.39. The zero-order valence-corrected chi connectivity index (χ0v) is 17.4. The van der Waals surface area contributed by atoms with Crippen molar-refractivity contribution in [3.05, 3.63) is 59.7 Å². The minimum absolute atomic E-state index is 0.00999. The van der Waals surface area contributed by atoms with Crippen LogP contribution in [0, 0.1) is 0 Å². The van der Waals surface area contributed by atoms with Gasteiger partial charge in [-0.25, -0.2) is 9.59 Å². The molecule has 0 radical (unpaired) electrons. The van der Waals surface area contributed by atoms with Crippen LogP contribution in [0.1, 0.15) is 68.4 Å². The third-order valence-electron chi connectivity index (χ3n) is 5.14. The molecule has 1 saturated heterocycles. The number of rotatable bonds is 3. The number of likely N-dealkylation sites (tertiary alicyclic amines) is 1. The van der Waals surface area contributed by atoms with Crippen molar-refractivity contribution in [1.29, 1.82) is 0 Å². The summed E-state index contributed by atoms with van der Waals surface area (Å²) in [6, 6.07) is 15.1. The SMILES string of the molecule is CC(C)(C)OC(=O)N1CCCCC[C@H]1c1ccc(-c2ccc(C(=O)O)cc2)cc1. The van der Waals surface area contributed by atoms with Gasteiger partial charge in [0.1, 0.15) is 5.60 Å². The Bertz CT molecular complexity index is 850. The normalized spacial score (nSPS) is 17.5. The largest absolute Gasteiger partial charge is 0.478 e. The van der Waals surface area contributed by atoms with Gasteiger partial charge in [0.05, 0.1) is 11.6 Å². The molecule has 0 bridgehead atoms. The lowest BCUT2D eigenvalue weighted by atomic mass is 9.97. The van der Waals surface area contributed by atoms with Gasteiger partial charge in [0, 0.05) is 6.54 Å². The second-order valence-corrected chi connectivity index (χ2v) is 8.54. The molecule has 154 valence electrons. The molecule has 2 aromatic rings. The monoisotopic (exact) mass is 395 g/mol. The van der Waals surface area contributed by atoms with E-state index in [1.54, 1.807) is 12.1 Å². The molecule has 2 aromatic carbocycles. The molecule has 1 amide bonds. The highest BCUT2D eigenvalue weighted by Gasteiger charge is 2.30. The predicted octanol–water partition coefficient (Wildman–Crippen LogP) is 5.90. The van der Waals surface area contributed by atoms with Gasteiger partial charge in [0.25, 0.3) is 0 Å². The third kappa shape index (κ3) is 5.37. The third-order valence-corrected chi connectivity index (χ3v) is 5.14. The summed E-state index contributed by atoms with van der Waals surface area (Å²) < 4.78 is 5.65. The number of ether oxygens (including phenoxy) is 1. The number of hydrogen-bond acceptors (Lipinski definition) is 3. The van der Waals surface area contributed by atoms with E-state index in [2.05, 4.69) is 12.1 Å². The molecular formula is C24H29NO4. The highest BCUT2D eigenvalue weighted by Crippen LogP contribution is 2.32. The van der Waals surface area contributed by atoms with E-state index >= 15 is 0 Å². The first-order chi connectivity index (χ1) is 13.7. The van der Waals surface area contributed by atoms with Crippen molar-refractivity contribution in [2.75, 3.05) is 6.54 Å². The second kappa shape index (κ2) is 8.68. The smallest absolute Gasteiger partial charge is 0.410 e. The highest BCUT2D eigenvalue weighted by molar-refractivity contribution is 5.88. The van der Waals surface area contributed by atoms with E-state index in [4.69, 9.17) is 9.84 Å². The first kappa shape index (κ1) is 20.9. The van der Waals surface area contributed by atoms with Gasteiger partial charge in [-0.3, -0.25) is 0 Å². The Morgan fingerprint density at radius 3 is 2.07 bits per heavy atom. The van der Waals surface area contributed by atoms with Crippen LogP contribution in [0.5, 0.6) is 0 Å². The molecule has 0 unspecified atom stereocenters. The van der Waals surface area contributed by atoms with Gasteiger partial charge in [-0.05, 0) is 62.4 Å². The number of benzene rings is 2. The molecule has 1 aliphatic heterocycles. The number of carboxylic acid groups (broad SMARTS) is 1. The molecule has 1 aliphatic rings. The number of carboxylic acids is 1. The first-order valence-corrected chi connectivity index (χ1v) is 10.2. The van der Waals surface area contributed by atoms with E-state index in [-0.39, 0.29) is 17.7 Å². The first-order valence-electron chi connectivity index (χ1n) is 10.2. The van der Waals surface area contributed by atoms with Crippen LogP contribution < -0.4 is 0 Å². The molecule has 5 heteroatoms. The Labute approximate surface area is 172 Å². The van der Waals surface area contributed by atoms with E-state index in [1.807, 2.05) is 49.9 Å². The van der Waals surface area contributed by atoms with Gasteiger partial charge in [0.15, 0.2) is 0 Å². The van der Waals surface area contributed by atoms with Crippen molar-refractivity contribution < 1.29 is 19.4 Å². The number of nitrogens with zero attached hydrogens (tertiary/aromatic N) is 1. The average molecular weight is 395 g/mol. The number of amides is 1. The summed E-state index contributed by atoms with van der Waals surface area (Å²) in [5.41, 5.74) is 2.84. The number of carbonyl (C=O) groups is 2. The van der Waals surface area contributed by atoms with Crippen LogP contribution in [0.3, 0.4) is 0 Å². The van der Waals surface area contributed by atoms with Gasteiger partial charge in [-0.2, -0.15) is 0 Å². The van der Waals surface area contributed by atoms with Crippen LogP contribution in [0.2, 0.25) is 0 Å². The van der Waals surface area contributed by atoms with E-state index in [1.165, 1.54) is 0 Å². The molecule has 0 spiro atoms. The minimum Gasteiger partial charge on any atom is -0.478 e. The van der Waals surface area contributed by atoms with Gasteiger partial charge in [-0.15, -0.1) is 0 Å². The van der Waals surface area contributed by atoms with Crippen LogP contribution >= 0.6 is 0 Å². The minimum atomic E-state index is -0.928. The molecule has 0 aromatic heterocycles. The van der Waals surface area contributed by atoms with Gasteiger partial charge in [-0.1, -0.05) is 49.2 Å². The summed E-state index contributed by atoms with van der Waals surface area (Å²) in [5, 5.41) is 9.05. The summed E-state index contributed by atoms with van der Waals surface area (Å²) in [4.78, 5) is 25.7.